The molecule has 0 saturated heterocycles. The van der Waals surface area contributed by atoms with Crippen molar-refractivity contribution >= 4 is 5.97 Å². The summed E-state index contributed by atoms with van der Waals surface area (Å²) < 4.78 is 5.13. The number of carbonyl (C=O) groups excluding carboxylic acids is 1. The predicted octanol–water partition coefficient (Wildman–Crippen LogP) is 5.67. The third kappa shape index (κ3) is 8.06. The Morgan fingerprint density at radius 2 is 1.58 bits per heavy atom. The van der Waals surface area contributed by atoms with Crippen molar-refractivity contribution in [2.45, 2.75) is 53.4 Å². The van der Waals surface area contributed by atoms with E-state index in [0.29, 0.717) is 0 Å². The number of aromatic hydroxyl groups is 2. The Morgan fingerprint density at radius 1 is 0.962 bits per heavy atom. The summed E-state index contributed by atoms with van der Waals surface area (Å²) in [5, 5.41) is 19.1. The van der Waals surface area contributed by atoms with Crippen molar-refractivity contribution in [1.29, 1.82) is 0 Å². The second kappa shape index (κ2) is 11.2. The molecule has 0 fully saturated rings. The number of benzene rings is 1. The van der Waals surface area contributed by atoms with Crippen LogP contribution >= 0.6 is 0 Å². The lowest BCUT2D eigenvalue weighted by Crippen LogP contribution is -2.05. The van der Waals surface area contributed by atoms with E-state index in [0.717, 1.165) is 31.3 Å². The summed E-state index contributed by atoms with van der Waals surface area (Å²) in [5.41, 5.74) is 3.85. The van der Waals surface area contributed by atoms with Crippen LogP contribution in [0.3, 0.4) is 0 Å². The Balaban J connectivity index is 2.38. The fourth-order valence-electron chi connectivity index (χ4n) is 2.37. The van der Waals surface area contributed by atoms with Gasteiger partial charge in [-0.05, 0) is 71.6 Å². The number of rotatable bonds is 9. The van der Waals surface area contributed by atoms with Gasteiger partial charge in [-0.15, -0.1) is 0 Å². The quantitative estimate of drug-likeness (QED) is 0.339. The van der Waals surface area contributed by atoms with Crippen molar-refractivity contribution in [3.05, 3.63) is 58.7 Å². The second-order valence-electron chi connectivity index (χ2n) is 6.73. The molecule has 0 aliphatic rings. The predicted molar refractivity (Wildman–Crippen MR) is 105 cm³/mol. The molecule has 1 aromatic carbocycles. The Bertz CT molecular complexity index is 692. The highest BCUT2D eigenvalue weighted by molar-refractivity contribution is 5.93. The van der Waals surface area contributed by atoms with Crippen LogP contribution in [-0.4, -0.2) is 22.8 Å². The van der Waals surface area contributed by atoms with Crippen LogP contribution in [0.1, 0.15) is 63.7 Å². The van der Waals surface area contributed by atoms with Crippen LogP contribution in [-0.2, 0) is 4.74 Å². The van der Waals surface area contributed by atoms with Crippen molar-refractivity contribution in [3.63, 3.8) is 0 Å². The summed E-state index contributed by atoms with van der Waals surface area (Å²) >= 11 is 0. The summed E-state index contributed by atoms with van der Waals surface area (Å²) in [6.07, 6.45) is 10.4. The number of hydrogen-bond acceptors (Lipinski definition) is 4. The number of para-hydroxylation sites is 1. The Kier molecular flexibility index (Phi) is 9.27. The minimum Gasteiger partial charge on any atom is -0.504 e. The number of allylic oxidation sites excluding steroid dienone is 5. The zero-order chi connectivity index (χ0) is 19.5. The Hall–Kier alpha value is -2.49. The van der Waals surface area contributed by atoms with Gasteiger partial charge in [-0.25, -0.2) is 4.79 Å². The summed E-state index contributed by atoms with van der Waals surface area (Å²) in [4.78, 5) is 11.9. The third-order valence-corrected chi connectivity index (χ3v) is 4.00. The molecule has 0 aliphatic carbocycles. The minimum absolute atomic E-state index is 0.0361. The van der Waals surface area contributed by atoms with E-state index < -0.39 is 11.7 Å². The zero-order valence-electron chi connectivity index (χ0n) is 16.2. The van der Waals surface area contributed by atoms with Gasteiger partial charge in [0.05, 0.1) is 0 Å². The zero-order valence-corrected chi connectivity index (χ0v) is 16.2. The molecule has 2 N–H and O–H groups in total. The first kappa shape index (κ1) is 21.6. The SMILES string of the molecule is CC(C)=CCCC(C)=CCCC(C)=CCOC(=O)c1cccc(O)c1O. The number of esters is 1. The minimum atomic E-state index is -0.655. The molecule has 142 valence electrons. The lowest BCUT2D eigenvalue weighted by molar-refractivity contribution is 0.0545. The first-order chi connectivity index (χ1) is 12.3. The summed E-state index contributed by atoms with van der Waals surface area (Å²) in [5.74, 6) is -1.44. The molecule has 1 aromatic rings. The number of ether oxygens (including phenoxy) is 1. The van der Waals surface area contributed by atoms with Crippen LogP contribution in [0.4, 0.5) is 0 Å². The highest BCUT2D eigenvalue weighted by atomic mass is 16.5. The molecule has 4 heteroatoms. The fraction of sp³-hybridized carbons (Fsp3) is 0.409. The topological polar surface area (TPSA) is 66.8 Å². The van der Waals surface area contributed by atoms with E-state index in [1.54, 1.807) is 0 Å². The van der Waals surface area contributed by atoms with Crippen LogP contribution in [0.2, 0.25) is 0 Å². The van der Waals surface area contributed by atoms with E-state index in [4.69, 9.17) is 4.74 Å². The Labute approximate surface area is 156 Å². The highest BCUT2D eigenvalue weighted by Crippen LogP contribution is 2.28. The first-order valence-corrected chi connectivity index (χ1v) is 8.94. The second-order valence-corrected chi connectivity index (χ2v) is 6.73. The highest BCUT2D eigenvalue weighted by Gasteiger charge is 2.14. The van der Waals surface area contributed by atoms with Crippen LogP contribution < -0.4 is 0 Å². The van der Waals surface area contributed by atoms with Gasteiger partial charge in [-0.1, -0.05) is 34.9 Å². The van der Waals surface area contributed by atoms with Gasteiger partial charge in [0.15, 0.2) is 11.5 Å². The molecule has 4 nitrogen and oxygen atoms in total. The summed E-state index contributed by atoms with van der Waals surface area (Å²) in [6, 6.07) is 4.21. The third-order valence-electron chi connectivity index (χ3n) is 4.00. The largest absolute Gasteiger partial charge is 0.504 e. The maximum atomic E-state index is 11.9. The average Bonchev–Trinajstić information content (AvgIpc) is 2.56. The molecule has 0 bridgehead atoms. The van der Waals surface area contributed by atoms with Crippen molar-refractivity contribution in [2.75, 3.05) is 6.61 Å². The molecule has 0 heterocycles. The Morgan fingerprint density at radius 3 is 2.23 bits per heavy atom. The molecule has 0 unspecified atom stereocenters. The van der Waals surface area contributed by atoms with Gasteiger partial charge in [0.1, 0.15) is 12.2 Å². The van der Waals surface area contributed by atoms with Crippen LogP contribution in [0, 0.1) is 0 Å². The molecule has 0 atom stereocenters. The number of phenolic OH excluding ortho intramolecular Hbond substituents is 2. The van der Waals surface area contributed by atoms with Crippen LogP contribution in [0.5, 0.6) is 11.5 Å². The van der Waals surface area contributed by atoms with Gasteiger partial charge in [-0.3, -0.25) is 0 Å². The molecule has 0 aromatic heterocycles. The van der Waals surface area contributed by atoms with Gasteiger partial charge < -0.3 is 14.9 Å². The van der Waals surface area contributed by atoms with E-state index in [2.05, 4.69) is 32.9 Å². The number of phenols is 2. The monoisotopic (exact) mass is 358 g/mol. The van der Waals surface area contributed by atoms with E-state index in [-0.39, 0.29) is 17.9 Å². The average molecular weight is 358 g/mol. The van der Waals surface area contributed by atoms with Gasteiger partial charge in [0, 0.05) is 0 Å². The maximum absolute atomic E-state index is 11.9. The van der Waals surface area contributed by atoms with E-state index in [9.17, 15) is 15.0 Å². The van der Waals surface area contributed by atoms with E-state index >= 15 is 0 Å². The molecule has 0 amide bonds. The number of hydrogen-bond donors (Lipinski definition) is 2. The van der Waals surface area contributed by atoms with Gasteiger partial charge >= 0.3 is 5.97 Å². The van der Waals surface area contributed by atoms with Crippen molar-refractivity contribution in [2.24, 2.45) is 0 Å². The van der Waals surface area contributed by atoms with Gasteiger partial charge in [0.2, 0.25) is 0 Å². The van der Waals surface area contributed by atoms with Crippen molar-refractivity contribution in [3.8, 4) is 11.5 Å². The fourth-order valence-corrected chi connectivity index (χ4v) is 2.37. The van der Waals surface area contributed by atoms with E-state index in [1.807, 2.05) is 13.0 Å². The van der Waals surface area contributed by atoms with Crippen LogP contribution in [0.25, 0.3) is 0 Å². The van der Waals surface area contributed by atoms with Gasteiger partial charge in [-0.2, -0.15) is 0 Å². The first-order valence-electron chi connectivity index (χ1n) is 8.94. The smallest absolute Gasteiger partial charge is 0.342 e. The molecule has 0 spiro atoms. The van der Waals surface area contributed by atoms with Gasteiger partial charge in [0.25, 0.3) is 0 Å². The van der Waals surface area contributed by atoms with Crippen molar-refractivity contribution < 1.29 is 19.7 Å². The van der Waals surface area contributed by atoms with Crippen molar-refractivity contribution in [1.82, 2.24) is 0 Å². The van der Waals surface area contributed by atoms with E-state index in [1.165, 1.54) is 29.3 Å². The standard InChI is InChI=1S/C22H30O4/c1-16(2)8-5-9-17(3)10-6-11-18(4)14-15-26-22(25)19-12-7-13-20(23)21(19)24/h7-8,10,12-14,23-24H,5-6,9,11,15H2,1-4H3. The lowest BCUT2D eigenvalue weighted by Gasteiger charge is -2.06. The maximum Gasteiger partial charge on any atom is 0.342 e. The molecule has 0 saturated carbocycles. The molecule has 1 rings (SSSR count). The molecule has 0 aliphatic heterocycles. The normalized spacial score (nSPS) is 12.0. The molecular weight excluding hydrogens is 328 g/mol. The molecular formula is C22H30O4. The lowest BCUT2D eigenvalue weighted by atomic mass is 10.1. The molecule has 26 heavy (non-hydrogen) atoms. The van der Waals surface area contributed by atoms with Crippen LogP contribution in [0.15, 0.2) is 53.1 Å². The number of carbonyl (C=O) groups is 1. The summed E-state index contributed by atoms with van der Waals surface area (Å²) in [7, 11) is 0. The summed E-state index contributed by atoms with van der Waals surface area (Å²) in [6.45, 7) is 8.53. The molecule has 0 radical (unpaired) electrons.